The third kappa shape index (κ3) is 2.77. The summed E-state index contributed by atoms with van der Waals surface area (Å²) in [6.07, 6.45) is 11.6. The molecule has 0 bridgehead atoms. The van der Waals surface area contributed by atoms with Gasteiger partial charge in [-0.2, -0.15) is 0 Å². The molecule has 1 spiro atoms. The molecule has 1 unspecified atom stereocenters. The van der Waals surface area contributed by atoms with Gasteiger partial charge in [-0.15, -0.1) is 0 Å². The molecular weight excluding hydrogens is 270 g/mol. The van der Waals surface area contributed by atoms with Gasteiger partial charge in [0.05, 0.1) is 6.04 Å². The van der Waals surface area contributed by atoms with Crippen LogP contribution in [-0.2, 0) is 4.79 Å². The maximum absolute atomic E-state index is 12.5. The van der Waals surface area contributed by atoms with Gasteiger partial charge in [-0.3, -0.25) is 9.69 Å². The van der Waals surface area contributed by atoms with Gasteiger partial charge in [0.2, 0.25) is 0 Å². The van der Waals surface area contributed by atoms with Gasteiger partial charge in [0.25, 0.3) is 0 Å². The average Bonchev–Trinajstić information content (AvgIpc) is 3.09. The zero-order valence-corrected chi connectivity index (χ0v) is 15.2. The minimum Gasteiger partial charge on any atom is -0.298 e. The predicted octanol–water partition coefficient (Wildman–Crippen LogP) is 4.82. The molecule has 0 aromatic carbocycles. The van der Waals surface area contributed by atoms with Crippen molar-refractivity contribution in [2.45, 2.75) is 97.1 Å². The highest BCUT2D eigenvalue weighted by atomic mass is 16.1. The van der Waals surface area contributed by atoms with E-state index in [-0.39, 0.29) is 11.6 Å². The topological polar surface area (TPSA) is 20.3 Å². The van der Waals surface area contributed by atoms with E-state index in [4.69, 9.17) is 0 Å². The molecule has 0 aromatic rings. The summed E-state index contributed by atoms with van der Waals surface area (Å²) in [5, 5.41) is 0. The van der Waals surface area contributed by atoms with Crippen LogP contribution >= 0.6 is 0 Å². The van der Waals surface area contributed by atoms with Gasteiger partial charge in [0.1, 0.15) is 5.78 Å². The highest BCUT2D eigenvalue weighted by molar-refractivity contribution is 5.84. The van der Waals surface area contributed by atoms with Crippen LogP contribution in [0.15, 0.2) is 0 Å². The molecule has 126 valence electrons. The predicted molar refractivity (Wildman–Crippen MR) is 91.9 cm³/mol. The van der Waals surface area contributed by atoms with Crippen molar-refractivity contribution in [2.75, 3.05) is 6.54 Å². The number of hydrogen-bond donors (Lipinski definition) is 0. The third-order valence-electron chi connectivity index (χ3n) is 7.30. The zero-order valence-electron chi connectivity index (χ0n) is 15.2. The van der Waals surface area contributed by atoms with Crippen molar-refractivity contribution >= 4 is 5.78 Å². The molecule has 0 amide bonds. The first-order chi connectivity index (χ1) is 10.4. The summed E-state index contributed by atoms with van der Waals surface area (Å²) in [7, 11) is 0. The lowest BCUT2D eigenvalue weighted by Gasteiger charge is -2.38. The fourth-order valence-electron chi connectivity index (χ4n) is 5.37. The normalized spacial score (nSPS) is 36.9. The molecule has 2 aliphatic carbocycles. The summed E-state index contributed by atoms with van der Waals surface area (Å²) < 4.78 is 0. The maximum atomic E-state index is 12.5. The van der Waals surface area contributed by atoms with Crippen LogP contribution in [0.2, 0.25) is 0 Å². The van der Waals surface area contributed by atoms with E-state index in [1.807, 2.05) is 6.92 Å². The van der Waals surface area contributed by atoms with E-state index in [0.29, 0.717) is 17.6 Å². The van der Waals surface area contributed by atoms with E-state index in [1.165, 1.54) is 45.1 Å². The second kappa shape index (κ2) is 5.92. The molecule has 1 heterocycles. The molecule has 2 heteroatoms. The molecule has 2 saturated carbocycles. The maximum Gasteiger partial charge on any atom is 0.149 e. The van der Waals surface area contributed by atoms with Crippen molar-refractivity contribution in [3.8, 4) is 0 Å². The molecule has 0 aromatic heterocycles. The van der Waals surface area contributed by atoms with Crippen LogP contribution in [0.3, 0.4) is 0 Å². The number of hydrogen-bond acceptors (Lipinski definition) is 2. The van der Waals surface area contributed by atoms with Crippen molar-refractivity contribution in [3.05, 3.63) is 0 Å². The number of nitrogens with zero attached hydrogens (tertiary/aromatic N) is 1. The first-order valence-electron chi connectivity index (χ1n) is 9.73. The third-order valence-corrected chi connectivity index (χ3v) is 7.30. The Hall–Kier alpha value is -0.370. The van der Waals surface area contributed by atoms with E-state index in [9.17, 15) is 4.79 Å². The Labute approximate surface area is 137 Å². The van der Waals surface area contributed by atoms with E-state index in [1.54, 1.807) is 0 Å². The molecule has 0 N–H and O–H groups in total. The minimum absolute atomic E-state index is 0.165. The molecule has 3 rings (SSSR count). The van der Waals surface area contributed by atoms with Gasteiger partial charge < -0.3 is 0 Å². The standard InChI is InChI=1S/C20H35NO/c1-5-18(22)17-13-20(14-21(17)19(3,4)6-2)12-16(20)15-10-8-7-9-11-15/h15-17H,5-14H2,1-4H3/t16?,17-,20-/m0/s1. The molecule has 3 fully saturated rings. The minimum atomic E-state index is 0.165. The molecular formula is C20H35NO. The van der Waals surface area contributed by atoms with Crippen molar-refractivity contribution in [3.63, 3.8) is 0 Å². The fourth-order valence-corrected chi connectivity index (χ4v) is 5.37. The largest absolute Gasteiger partial charge is 0.298 e. The van der Waals surface area contributed by atoms with Crippen LogP contribution in [-0.4, -0.2) is 28.8 Å². The number of carbonyl (C=O) groups excluding carboxylic acids is 1. The Kier molecular flexibility index (Phi) is 4.44. The number of Topliss-reactive ketones (excluding diaryl/α,β-unsaturated/α-hetero) is 1. The molecule has 1 saturated heterocycles. The van der Waals surface area contributed by atoms with Crippen LogP contribution in [0.1, 0.15) is 85.5 Å². The Morgan fingerprint density at radius 3 is 2.41 bits per heavy atom. The van der Waals surface area contributed by atoms with E-state index in [0.717, 1.165) is 24.7 Å². The van der Waals surface area contributed by atoms with Gasteiger partial charge in [0.15, 0.2) is 0 Å². The van der Waals surface area contributed by atoms with E-state index >= 15 is 0 Å². The monoisotopic (exact) mass is 305 g/mol. The van der Waals surface area contributed by atoms with Gasteiger partial charge in [-0.1, -0.05) is 46.0 Å². The first kappa shape index (κ1) is 16.5. The number of likely N-dealkylation sites (tertiary alicyclic amines) is 1. The smallest absolute Gasteiger partial charge is 0.149 e. The highest BCUT2D eigenvalue weighted by Gasteiger charge is 2.63. The van der Waals surface area contributed by atoms with Gasteiger partial charge in [-0.25, -0.2) is 0 Å². The molecule has 0 radical (unpaired) electrons. The van der Waals surface area contributed by atoms with Gasteiger partial charge in [0, 0.05) is 18.5 Å². The van der Waals surface area contributed by atoms with E-state index < -0.39 is 0 Å². The van der Waals surface area contributed by atoms with Crippen molar-refractivity contribution in [1.82, 2.24) is 4.90 Å². The van der Waals surface area contributed by atoms with Gasteiger partial charge in [-0.05, 0) is 50.4 Å². The fraction of sp³-hybridized carbons (Fsp3) is 0.950. The quantitative estimate of drug-likeness (QED) is 0.726. The Balaban J connectivity index is 1.75. The van der Waals surface area contributed by atoms with Crippen LogP contribution in [0, 0.1) is 17.3 Å². The van der Waals surface area contributed by atoms with Gasteiger partial charge >= 0.3 is 0 Å². The Morgan fingerprint density at radius 2 is 1.82 bits per heavy atom. The Morgan fingerprint density at radius 1 is 1.14 bits per heavy atom. The number of ketones is 1. The summed E-state index contributed by atoms with van der Waals surface area (Å²) in [4.78, 5) is 15.1. The molecule has 2 nitrogen and oxygen atoms in total. The summed E-state index contributed by atoms with van der Waals surface area (Å²) >= 11 is 0. The summed E-state index contributed by atoms with van der Waals surface area (Å²) in [5.74, 6) is 2.38. The Bertz CT molecular complexity index is 423. The highest BCUT2D eigenvalue weighted by Crippen LogP contribution is 2.65. The van der Waals surface area contributed by atoms with Crippen molar-refractivity contribution in [1.29, 1.82) is 0 Å². The second-order valence-corrected chi connectivity index (χ2v) is 8.90. The lowest BCUT2D eigenvalue weighted by atomic mass is 9.82. The molecule has 22 heavy (non-hydrogen) atoms. The summed E-state index contributed by atoms with van der Waals surface area (Å²) in [6.45, 7) is 10.2. The lowest BCUT2D eigenvalue weighted by Crippen LogP contribution is -2.49. The zero-order chi connectivity index (χ0) is 16.0. The van der Waals surface area contributed by atoms with Crippen LogP contribution in [0.4, 0.5) is 0 Å². The van der Waals surface area contributed by atoms with Crippen LogP contribution in [0.5, 0.6) is 0 Å². The van der Waals surface area contributed by atoms with E-state index in [2.05, 4.69) is 25.7 Å². The first-order valence-corrected chi connectivity index (χ1v) is 9.73. The van der Waals surface area contributed by atoms with Crippen molar-refractivity contribution in [2.24, 2.45) is 17.3 Å². The summed E-state index contributed by atoms with van der Waals surface area (Å²) in [5.41, 5.74) is 0.669. The molecule has 3 atom stereocenters. The van der Waals surface area contributed by atoms with Crippen LogP contribution < -0.4 is 0 Å². The molecule has 3 aliphatic rings. The SMILES string of the molecule is CCC(=O)[C@@H]1C[C@@]2(CC2C2CCCCC2)CN1C(C)(C)CC. The number of rotatable bonds is 5. The van der Waals surface area contributed by atoms with Crippen LogP contribution in [0.25, 0.3) is 0 Å². The summed E-state index contributed by atoms with van der Waals surface area (Å²) in [6, 6.07) is 0.202. The molecule has 1 aliphatic heterocycles. The lowest BCUT2D eigenvalue weighted by molar-refractivity contribution is -0.124. The average molecular weight is 306 g/mol. The number of carbonyl (C=O) groups is 1. The second-order valence-electron chi connectivity index (χ2n) is 8.90. The van der Waals surface area contributed by atoms with Crippen molar-refractivity contribution < 1.29 is 4.79 Å².